The van der Waals surface area contributed by atoms with E-state index in [0.717, 1.165) is 31.0 Å². The second kappa shape index (κ2) is 11.8. The molecule has 7 nitrogen and oxygen atoms in total. The quantitative estimate of drug-likeness (QED) is 0.348. The molecule has 2 aromatic rings. The van der Waals surface area contributed by atoms with Crippen molar-refractivity contribution in [1.29, 1.82) is 0 Å². The van der Waals surface area contributed by atoms with Gasteiger partial charge in [-0.3, -0.25) is 9.67 Å². The fourth-order valence-electron chi connectivity index (χ4n) is 2.59. The zero-order chi connectivity index (χ0) is 20.2. The van der Waals surface area contributed by atoms with E-state index in [2.05, 4.69) is 25.5 Å². The monoisotopic (exact) mass is 395 g/mol. The highest BCUT2D eigenvalue weighted by molar-refractivity contribution is 5.79. The summed E-state index contributed by atoms with van der Waals surface area (Å²) in [5.74, 6) is 1.04. The van der Waals surface area contributed by atoms with Gasteiger partial charge in [0.05, 0.1) is 7.11 Å². The number of hydrogen-bond acceptors (Lipinski definition) is 4. The van der Waals surface area contributed by atoms with Crippen molar-refractivity contribution in [3.8, 4) is 11.5 Å². The van der Waals surface area contributed by atoms with E-state index < -0.39 is 6.61 Å². The maximum absolute atomic E-state index is 12.5. The Labute approximate surface area is 163 Å². The van der Waals surface area contributed by atoms with Crippen molar-refractivity contribution in [2.75, 3.05) is 26.7 Å². The van der Waals surface area contributed by atoms with Crippen molar-refractivity contribution < 1.29 is 18.3 Å². The van der Waals surface area contributed by atoms with Gasteiger partial charge in [0.2, 0.25) is 0 Å². The molecule has 9 heteroatoms. The number of nitrogens with one attached hydrogen (secondary N) is 2. The summed E-state index contributed by atoms with van der Waals surface area (Å²) in [6, 6.07) is 6.92. The zero-order valence-electron chi connectivity index (χ0n) is 16.2. The number of hydrogen-bond donors (Lipinski definition) is 2. The number of alkyl halides is 2. The van der Waals surface area contributed by atoms with E-state index >= 15 is 0 Å². The lowest BCUT2D eigenvalue weighted by molar-refractivity contribution is -0.0512. The molecule has 28 heavy (non-hydrogen) atoms. The molecular weight excluding hydrogens is 368 g/mol. The summed E-state index contributed by atoms with van der Waals surface area (Å²) in [5, 5.41) is 10.6. The number of methoxy groups -OCH3 is 1. The molecule has 0 fully saturated rings. The van der Waals surface area contributed by atoms with Crippen molar-refractivity contribution in [3.63, 3.8) is 0 Å². The predicted molar refractivity (Wildman–Crippen MR) is 104 cm³/mol. The molecule has 0 saturated heterocycles. The third-order valence-corrected chi connectivity index (χ3v) is 3.87. The molecule has 0 aliphatic rings. The smallest absolute Gasteiger partial charge is 0.387 e. The van der Waals surface area contributed by atoms with Crippen LogP contribution in [0.4, 0.5) is 8.78 Å². The molecule has 0 bridgehead atoms. The molecule has 0 unspecified atom stereocenters. The van der Waals surface area contributed by atoms with E-state index in [1.165, 1.54) is 7.11 Å². The van der Waals surface area contributed by atoms with Gasteiger partial charge < -0.3 is 20.1 Å². The molecule has 2 rings (SSSR count). The minimum Gasteiger partial charge on any atom is -0.493 e. The van der Waals surface area contributed by atoms with Gasteiger partial charge in [0, 0.05) is 38.6 Å². The highest BCUT2D eigenvalue weighted by Gasteiger charge is 2.11. The summed E-state index contributed by atoms with van der Waals surface area (Å²) in [6.45, 7) is 1.94. The van der Waals surface area contributed by atoms with Crippen molar-refractivity contribution in [3.05, 3.63) is 42.2 Å². The molecule has 0 aliphatic heterocycles. The molecule has 0 amide bonds. The lowest BCUT2D eigenvalue weighted by Crippen LogP contribution is -2.38. The van der Waals surface area contributed by atoms with Gasteiger partial charge in [-0.2, -0.15) is 13.9 Å². The van der Waals surface area contributed by atoms with E-state index in [0.29, 0.717) is 19.5 Å². The lowest BCUT2D eigenvalue weighted by atomic mass is 10.1. The van der Waals surface area contributed by atoms with Crippen LogP contribution in [0.25, 0.3) is 0 Å². The Hall–Kier alpha value is -2.84. The fraction of sp³-hybridized carbons (Fsp3) is 0.474. The Morgan fingerprint density at radius 2 is 2.14 bits per heavy atom. The van der Waals surface area contributed by atoms with Crippen LogP contribution in [0.1, 0.15) is 18.9 Å². The number of aromatic nitrogens is 2. The first-order valence-corrected chi connectivity index (χ1v) is 9.23. The molecular formula is C19H27F2N5O2. The predicted octanol–water partition coefficient (Wildman–Crippen LogP) is 2.68. The Morgan fingerprint density at radius 3 is 2.82 bits per heavy atom. The van der Waals surface area contributed by atoms with Crippen LogP contribution in [0.15, 0.2) is 41.7 Å². The molecule has 1 aromatic heterocycles. The summed E-state index contributed by atoms with van der Waals surface area (Å²) in [4.78, 5) is 4.54. The van der Waals surface area contributed by atoms with Gasteiger partial charge >= 0.3 is 6.61 Å². The van der Waals surface area contributed by atoms with Crippen LogP contribution in [0.2, 0.25) is 0 Å². The van der Waals surface area contributed by atoms with Crippen molar-refractivity contribution >= 4 is 5.96 Å². The van der Waals surface area contributed by atoms with Crippen molar-refractivity contribution in [1.82, 2.24) is 20.4 Å². The van der Waals surface area contributed by atoms with Gasteiger partial charge in [0.15, 0.2) is 17.5 Å². The molecule has 1 aromatic carbocycles. The number of rotatable bonds is 11. The molecule has 1 heterocycles. The normalized spacial score (nSPS) is 11.5. The number of aryl methyl sites for hydroxylation is 1. The Morgan fingerprint density at radius 1 is 1.29 bits per heavy atom. The van der Waals surface area contributed by atoms with Gasteiger partial charge in [-0.05, 0) is 43.5 Å². The summed E-state index contributed by atoms with van der Waals surface area (Å²) in [5.41, 5.74) is 0.860. The number of guanidine groups is 1. The Bertz CT molecular complexity index is 723. The van der Waals surface area contributed by atoms with Crippen LogP contribution in [0, 0.1) is 0 Å². The first kappa shape index (κ1) is 21.5. The number of aliphatic imine (C=N–C) groups is 1. The summed E-state index contributed by atoms with van der Waals surface area (Å²) in [7, 11) is 1.42. The molecule has 0 radical (unpaired) electrons. The van der Waals surface area contributed by atoms with Gasteiger partial charge in [-0.1, -0.05) is 6.07 Å². The van der Waals surface area contributed by atoms with Crippen molar-refractivity contribution in [2.45, 2.75) is 32.9 Å². The first-order valence-electron chi connectivity index (χ1n) is 9.23. The van der Waals surface area contributed by atoms with Crippen LogP contribution >= 0.6 is 0 Å². The Kier molecular flexibility index (Phi) is 9.03. The molecule has 0 spiro atoms. The van der Waals surface area contributed by atoms with Crippen LogP contribution in [0.3, 0.4) is 0 Å². The second-order valence-corrected chi connectivity index (χ2v) is 5.92. The van der Waals surface area contributed by atoms with Gasteiger partial charge in [0.1, 0.15) is 0 Å². The number of nitrogens with zero attached hydrogens (tertiary/aromatic N) is 3. The van der Waals surface area contributed by atoms with Gasteiger partial charge in [0.25, 0.3) is 0 Å². The number of ether oxygens (including phenoxy) is 2. The molecule has 2 N–H and O–H groups in total. The zero-order valence-corrected chi connectivity index (χ0v) is 16.2. The van der Waals surface area contributed by atoms with Crippen LogP contribution in [0.5, 0.6) is 11.5 Å². The number of halogens is 2. The minimum atomic E-state index is -2.89. The molecule has 154 valence electrons. The largest absolute Gasteiger partial charge is 0.493 e. The maximum Gasteiger partial charge on any atom is 0.387 e. The lowest BCUT2D eigenvalue weighted by Gasteiger charge is -2.13. The average Bonchev–Trinajstić information content (AvgIpc) is 3.18. The summed E-state index contributed by atoms with van der Waals surface area (Å²) in [6.07, 6.45) is 5.19. The molecule has 0 atom stereocenters. The molecule has 0 aliphatic carbocycles. The van der Waals surface area contributed by atoms with Crippen LogP contribution < -0.4 is 20.1 Å². The van der Waals surface area contributed by atoms with E-state index in [9.17, 15) is 8.78 Å². The third kappa shape index (κ3) is 7.42. The van der Waals surface area contributed by atoms with E-state index in [1.807, 2.05) is 29.9 Å². The first-order chi connectivity index (χ1) is 13.6. The molecule has 0 saturated carbocycles. The van der Waals surface area contributed by atoms with E-state index in [4.69, 9.17) is 4.74 Å². The van der Waals surface area contributed by atoms with E-state index in [1.54, 1.807) is 18.3 Å². The third-order valence-electron chi connectivity index (χ3n) is 3.87. The van der Waals surface area contributed by atoms with Crippen LogP contribution in [-0.2, 0) is 13.0 Å². The minimum absolute atomic E-state index is 0.0363. The van der Waals surface area contributed by atoms with Gasteiger partial charge in [-0.25, -0.2) is 0 Å². The summed E-state index contributed by atoms with van der Waals surface area (Å²) >= 11 is 0. The second-order valence-electron chi connectivity index (χ2n) is 5.92. The average molecular weight is 395 g/mol. The standard InChI is InChI=1S/C19H27F2N5O2/c1-3-22-19(23-9-4-12-26-13-5-10-25-26)24-11-8-15-6-7-16(27-2)17(14-15)28-18(20)21/h5-7,10,13-14,18H,3-4,8-9,11-12H2,1-2H3,(H2,22,23,24). The highest BCUT2D eigenvalue weighted by atomic mass is 19.3. The summed E-state index contributed by atoms with van der Waals surface area (Å²) < 4.78 is 36.5. The topological polar surface area (TPSA) is 72.7 Å². The SMILES string of the molecule is CCNC(=NCCCn1cccn1)NCCc1ccc(OC)c(OC(F)F)c1. The van der Waals surface area contributed by atoms with Gasteiger partial charge in [-0.15, -0.1) is 0 Å². The van der Waals surface area contributed by atoms with E-state index in [-0.39, 0.29) is 11.5 Å². The number of benzene rings is 1. The maximum atomic E-state index is 12.5. The van der Waals surface area contributed by atoms with Crippen LogP contribution in [-0.4, -0.2) is 49.1 Å². The fourth-order valence-corrected chi connectivity index (χ4v) is 2.59. The Balaban J connectivity index is 1.83. The highest BCUT2D eigenvalue weighted by Crippen LogP contribution is 2.29. The van der Waals surface area contributed by atoms with Crippen molar-refractivity contribution in [2.24, 2.45) is 4.99 Å².